The Bertz CT molecular complexity index is 1480. The number of nitrogens with zero attached hydrogens (tertiary/aromatic N) is 3. The van der Waals surface area contributed by atoms with E-state index in [2.05, 4.69) is 21.0 Å². The molecule has 0 spiro atoms. The van der Waals surface area contributed by atoms with Crippen LogP contribution in [-0.4, -0.2) is 44.3 Å². The van der Waals surface area contributed by atoms with Crippen LogP contribution >= 0.6 is 0 Å². The highest BCUT2D eigenvalue weighted by Gasteiger charge is 2.19. The Labute approximate surface area is 196 Å². The Balaban J connectivity index is 1.52. The fraction of sp³-hybridized carbons (Fsp3) is 0.423. The van der Waals surface area contributed by atoms with Crippen LogP contribution in [0.3, 0.4) is 0 Å². The van der Waals surface area contributed by atoms with Crippen LogP contribution in [0.4, 0.5) is 0 Å². The molecule has 1 fully saturated rings. The second-order valence-electron chi connectivity index (χ2n) is 9.45. The van der Waals surface area contributed by atoms with Gasteiger partial charge in [-0.25, -0.2) is 4.98 Å². The number of nitrogens with one attached hydrogen (secondary N) is 2. The van der Waals surface area contributed by atoms with Crippen LogP contribution in [0.5, 0.6) is 5.75 Å². The molecule has 176 valence electrons. The summed E-state index contributed by atoms with van der Waals surface area (Å²) in [5, 5.41) is 3.80. The summed E-state index contributed by atoms with van der Waals surface area (Å²) in [6, 6.07) is 9.54. The van der Waals surface area contributed by atoms with E-state index in [0.717, 1.165) is 44.5 Å². The van der Waals surface area contributed by atoms with E-state index in [-0.39, 0.29) is 16.8 Å². The predicted molar refractivity (Wildman–Crippen MR) is 132 cm³/mol. The minimum Gasteiger partial charge on any atom is -0.491 e. The zero-order valence-electron chi connectivity index (χ0n) is 19.2. The molecule has 0 amide bonds. The monoisotopic (exact) mass is 459 g/mol. The number of para-hydroxylation sites is 1. The molecule has 2 aromatic carbocycles. The standard InChI is InChI=1S/C26H29N5O3/c32-25-23-18-8-7-9-19-22(18)29-31(26(19)33)12-5-2-6-13-34-21-15-17(14-20(27-25)24(21)28-23)16-30-10-3-1-4-11-30/h7-9,14-15,29H,1-6,10-13,16H2,(H,27,32). The SMILES string of the molecule is O=c1[nH]c2cc(CN3CCCCC3)cc3c2nc1-c1cccc2c(=O)n([nH]c12)CCCCCO3. The van der Waals surface area contributed by atoms with Gasteiger partial charge in [0.25, 0.3) is 11.1 Å². The van der Waals surface area contributed by atoms with Crippen molar-refractivity contribution in [3.05, 3.63) is 56.6 Å². The molecule has 0 saturated carbocycles. The van der Waals surface area contributed by atoms with E-state index in [1.165, 1.54) is 19.3 Å². The molecule has 2 N–H and O–H groups in total. The first-order valence-electron chi connectivity index (χ1n) is 12.3. The normalized spacial score (nSPS) is 17.3. The van der Waals surface area contributed by atoms with Crippen molar-refractivity contribution in [2.75, 3.05) is 19.7 Å². The smallest absolute Gasteiger partial charge is 0.275 e. The van der Waals surface area contributed by atoms with Crippen molar-refractivity contribution >= 4 is 21.9 Å². The maximum absolute atomic E-state index is 13.2. The van der Waals surface area contributed by atoms with Gasteiger partial charge in [-0.15, -0.1) is 0 Å². The van der Waals surface area contributed by atoms with Crippen LogP contribution in [0.2, 0.25) is 0 Å². The predicted octanol–water partition coefficient (Wildman–Crippen LogP) is 3.78. The van der Waals surface area contributed by atoms with Crippen LogP contribution < -0.4 is 15.9 Å². The van der Waals surface area contributed by atoms with Gasteiger partial charge in [-0.2, -0.15) is 0 Å². The van der Waals surface area contributed by atoms with E-state index in [0.29, 0.717) is 46.4 Å². The largest absolute Gasteiger partial charge is 0.491 e. The summed E-state index contributed by atoms with van der Waals surface area (Å²) in [7, 11) is 0. The first kappa shape index (κ1) is 21.2. The van der Waals surface area contributed by atoms with E-state index < -0.39 is 0 Å². The average molecular weight is 460 g/mol. The van der Waals surface area contributed by atoms with Crippen molar-refractivity contribution in [3.8, 4) is 17.0 Å². The number of rotatable bonds is 2. The Morgan fingerprint density at radius 3 is 2.68 bits per heavy atom. The van der Waals surface area contributed by atoms with E-state index in [9.17, 15) is 9.59 Å². The second-order valence-corrected chi connectivity index (χ2v) is 9.45. The van der Waals surface area contributed by atoms with Crippen LogP contribution in [-0.2, 0) is 13.1 Å². The van der Waals surface area contributed by atoms with Crippen LogP contribution in [0.25, 0.3) is 33.2 Å². The van der Waals surface area contributed by atoms with Gasteiger partial charge in [0.1, 0.15) is 17.0 Å². The van der Waals surface area contributed by atoms with Crippen LogP contribution in [0.1, 0.15) is 44.1 Å². The van der Waals surface area contributed by atoms with Crippen LogP contribution in [0.15, 0.2) is 39.9 Å². The first-order chi connectivity index (χ1) is 16.7. The van der Waals surface area contributed by atoms with Gasteiger partial charge in [-0.05, 0) is 69.0 Å². The third kappa shape index (κ3) is 3.81. The van der Waals surface area contributed by atoms with Crippen molar-refractivity contribution in [3.63, 3.8) is 0 Å². The lowest BCUT2D eigenvalue weighted by Gasteiger charge is -2.26. The second kappa shape index (κ2) is 8.76. The molecular weight excluding hydrogens is 430 g/mol. The molecule has 4 bridgehead atoms. The summed E-state index contributed by atoms with van der Waals surface area (Å²) >= 11 is 0. The first-order valence-corrected chi connectivity index (χ1v) is 12.3. The molecule has 0 unspecified atom stereocenters. The van der Waals surface area contributed by atoms with Gasteiger partial charge in [0.05, 0.1) is 23.0 Å². The molecule has 4 heterocycles. The molecule has 0 aliphatic carbocycles. The third-order valence-electron chi connectivity index (χ3n) is 7.00. The lowest BCUT2D eigenvalue weighted by molar-refractivity contribution is 0.220. The molecule has 4 aromatic rings. The van der Waals surface area contributed by atoms with Gasteiger partial charge in [0, 0.05) is 18.7 Å². The zero-order valence-corrected chi connectivity index (χ0v) is 19.2. The number of aromatic nitrogens is 4. The summed E-state index contributed by atoms with van der Waals surface area (Å²) in [5.41, 5.74) is 3.67. The Hall–Kier alpha value is -3.39. The maximum atomic E-state index is 13.2. The maximum Gasteiger partial charge on any atom is 0.275 e. The molecule has 6 rings (SSSR count). The summed E-state index contributed by atoms with van der Waals surface area (Å²) in [5.74, 6) is 0.706. The number of ether oxygens (including phenoxy) is 1. The Morgan fingerprint density at radius 1 is 0.971 bits per heavy atom. The van der Waals surface area contributed by atoms with Crippen molar-refractivity contribution < 1.29 is 4.74 Å². The van der Waals surface area contributed by atoms with Gasteiger partial charge >= 0.3 is 0 Å². The van der Waals surface area contributed by atoms with E-state index >= 15 is 0 Å². The molecule has 34 heavy (non-hydrogen) atoms. The minimum absolute atomic E-state index is 0.0665. The summed E-state index contributed by atoms with van der Waals surface area (Å²) in [6.07, 6.45) is 6.47. The van der Waals surface area contributed by atoms with E-state index in [4.69, 9.17) is 9.72 Å². The molecule has 8 nitrogen and oxygen atoms in total. The van der Waals surface area contributed by atoms with Crippen LogP contribution in [0, 0.1) is 0 Å². The quantitative estimate of drug-likeness (QED) is 0.476. The van der Waals surface area contributed by atoms with Gasteiger partial charge in [-0.3, -0.25) is 24.3 Å². The number of benzene rings is 2. The Morgan fingerprint density at radius 2 is 1.79 bits per heavy atom. The number of hydrogen-bond acceptors (Lipinski definition) is 5. The highest BCUT2D eigenvalue weighted by Crippen LogP contribution is 2.29. The third-order valence-corrected chi connectivity index (χ3v) is 7.00. The van der Waals surface area contributed by atoms with Gasteiger partial charge in [0.15, 0.2) is 0 Å². The van der Waals surface area contributed by atoms with Crippen molar-refractivity contribution in [1.82, 2.24) is 24.6 Å². The molecule has 2 aliphatic heterocycles. The summed E-state index contributed by atoms with van der Waals surface area (Å²) < 4.78 is 7.87. The molecule has 2 aliphatic rings. The summed E-state index contributed by atoms with van der Waals surface area (Å²) in [4.78, 5) is 36.4. The zero-order chi connectivity index (χ0) is 23.1. The fourth-order valence-electron chi connectivity index (χ4n) is 5.25. The number of likely N-dealkylation sites (tertiary alicyclic amines) is 1. The van der Waals surface area contributed by atoms with Crippen molar-refractivity contribution in [1.29, 1.82) is 0 Å². The molecule has 0 atom stereocenters. The van der Waals surface area contributed by atoms with Gasteiger partial charge < -0.3 is 9.72 Å². The average Bonchev–Trinajstić information content (AvgIpc) is 3.17. The van der Waals surface area contributed by atoms with Gasteiger partial charge in [-0.1, -0.05) is 18.6 Å². The molecule has 8 heteroatoms. The van der Waals surface area contributed by atoms with Crippen molar-refractivity contribution in [2.45, 2.75) is 51.6 Å². The number of fused-ring (bicyclic) bond motifs is 3. The molecule has 1 saturated heterocycles. The lowest BCUT2D eigenvalue weighted by atomic mass is 10.1. The van der Waals surface area contributed by atoms with Gasteiger partial charge in [0.2, 0.25) is 0 Å². The lowest BCUT2D eigenvalue weighted by Crippen LogP contribution is -2.29. The molecular formula is C26H29N5O3. The number of piperidine rings is 1. The number of H-pyrrole nitrogens is 2. The topological polar surface area (TPSA) is 96.0 Å². The minimum atomic E-state index is -0.276. The van der Waals surface area contributed by atoms with Crippen molar-refractivity contribution in [2.24, 2.45) is 0 Å². The molecule has 0 radical (unpaired) electrons. The molecule has 2 aromatic heterocycles. The fourth-order valence-corrected chi connectivity index (χ4v) is 5.25. The summed E-state index contributed by atoms with van der Waals surface area (Å²) in [6.45, 7) is 4.21. The number of hydrogen-bond donors (Lipinski definition) is 2. The highest BCUT2D eigenvalue weighted by molar-refractivity contribution is 5.93. The van der Waals surface area contributed by atoms with E-state index in [1.807, 2.05) is 12.1 Å². The van der Waals surface area contributed by atoms with E-state index in [1.54, 1.807) is 16.8 Å². The highest BCUT2D eigenvalue weighted by atomic mass is 16.5. The number of aryl methyl sites for hydroxylation is 1. The number of aromatic amines is 2. The Kier molecular flexibility index (Phi) is 5.45.